The number of amides is 1. The van der Waals surface area contributed by atoms with Gasteiger partial charge in [0, 0.05) is 13.1 Å². The molecule has 3 nitrogen and oxygen atoms in total. The van der Waals surface area contributed by atoms with Gasteiger partial charge in [0.25, 0.3) is 5.91 Å². The Morgan fingerprint density at radius 2 is 2.53 bits per heavy atom. The SMILES string of the molecule is CC1(CN)CCCN1C(=O)c1cccs1. The Morgan fingerprint density at radius 3 is 3.13 bits per heavy atom. The van der Waals surface area contributed by atoms with E-state index in [9.17, 15) is 4.79 Å². The number of hydrogen-bond donors (Lipinski definition) is 1. The minimum absolute atomic E-state index is 0.135. The van der Waals surface area contributed by atoms with Crippen LogP contribution < -0.4 is 5.73 Å². The highest BCUT2D eigenvalue weighted by Gasteiger charge is 2.38. The minimum atomic E-state index is -0.138. The Kier molecular flexibility index (Phi) is 2.80. The van der Waals surface area contributed by atoms with Gasteiger partial charge in [-0.2, -0.15) is 0 Å². The average molecular weight is 224 g/mol. The van der Waals surface area contributed by atoms with Crippen molar-refractivity contribution in [1.82, 2.24) is 4.90 Å². The molecule has 1 atom stereocenters. The van der Waals surface area contributed by atoms with E-state index in [1.54, 1.807) is 0 Å². The van der Waals surface area contributed by atoms with Crippen LogP contribution in [0.3, 0.4) is 0 Å². The summed E-state index contributed by atoms with van der Waals surface area (Å²) in [6.07, 6.45) is 2.07. The Morgan fingerprint density at radius 1 is 1.73 bits per heavy atom. The number of rotatable bonds is 2. The molecule has 1 aromatic heterocycles. The molecule has 2 heterocycles. The van der Waals surface area contributed by atoms with Crippen molar-refractivity contribution in [3.63, 3.8) is 0 Å². The van der Waals surface area contributed by atoms with Gasteiger partial charge < -0.3 is 10.6 Å². The summed E-state index contributed by atoms with van der Waals surface area (Å²) in [6.45, 7) is 3.46. The largest absolute Gasteiger partial charge is 0.331 e. The van der Waals surface area contributed by atoms with Crippen LogP contribution in [0.4, 0.5) is 0 Å². The van der Waals surface area contributed by atoms with Gasteiger partial charge in [-0.1, -0.05) is 6.07 Å². The smallest absolute Gasteiger partial charge is 0.264 e. The van der Waals surface area contributed by atoms with Crippen molar-refractivity contribution in [2.75, 3.05) is 13.1 Å². The predicted octanol–water partition coefficient (Wildman–Crippen LogP) is 1.70. The molecule has 0 radical (unpaired) electrons. The lowest BCUT2D eigenvalue weighted by atomic mass is 9.99. The lowest BCUT2D eigenvalue weighted by Gasteiger charge is -2.33. The van der Waals surface area contributed by atoms with E-state index in [1.165, 1.54) is 11.3 Å². The molecule has 0 aliphatic carbocycles. The van der Waals surface area contributed by atoms with Gasteiger partial charge in [-0.3, -0.25) is 4.79 Å². The Bertz CT molecular complexity index is 349. The molecule has 82 valence electrons. The van der Waals surface area contributed by atoms with E-state index < -0.39 is 0 Å². The zero-order valence-corrected chi connectivity index (χ0v) is 9.72. The average Bonchev–Trinajstić information content (AvgIpc) is 2.86. The highest BCUT2D eigenvalue weighted by Crippen LogP contribution is 2.30. The van der Waals surface area contributed by atoms with Crippen LogP contribution in [-0.2, 0) is 0 Å². The molecule has 1 aliphatic heterocycles. The molecule has 1 aromatic rings. The number of nitrogens with zero attached hydrogens (tertiary/aromatic N) is 1. The molecule has 1 amide bonds. The Balaban J connectivity index is 2.21. The van der Waals surface area contributed by atoms with E-state index in [0.717, 1.165) is 24.3 Å². The first-order valence-electron chi connectivity index (χ1n) is 5.23. The molecule has 1 saturated heterocycles. The lowest BCUT2D eigenvalue weighted by Crippen LogP contribution is -2.49. The van der Waals surface area contributed by atoms with Crippen LogP contribution in [0, 0.1) is 0 Å². The second-order valence-corrected chi connectivity index (χ2v) is 5.19. The van der Waals surface area contributed by atoms with Gasteiger partial charge in [0.15, 0.2) is 0 Å². The van der Waals surface area contributed by atoms with Gasteiger partial charge >= 0.3 is 0 Å². The van der Waals surface area contributed by atoms with Gasteiger partial charge in [-0.15, -0.1) is 11.3 Å². The fourth-order valence-corrected chi connectivity index (χ4v) is 2.79. The van der Waals surface area contributed by atoms with E-state index in [2.05, 4.69) is 6.92 Å². The highest BCUT2D eigenvalue weighted by atomic mass is 32.1. The minimum Gasteiger partial charge on any atom is -0.331 e. The number of carbonyl (C=O) groups excluding carboxylic acids is 1. The molecule has 15 heavy (non-hydrogen) atoms. The summed E-state index contributed by atoms with van der Waals surface area (Å²) in [5.41, 5.74) is 5.62. The monoisotopic (exact) mass is 224 g/mol. The molecule has 4 heteroatoms. The third kappa shape index (κ3) is 1.79. The lowest BCUT2D eigenvalue weighted by molar-refractivity contribution is 0.0642. The van der Waals surface area contributed by atoms with Crippen LogP contribution in [-0.4, -0.2) is 29.4 Å². The molecule has 2 rings (SSSR count). The fourth-order valence-electron chi connectivity index (χ4n) is 2.12. The molecule has 2 N–H and O–H groups in total. The summed E-state index contributed by atoms with van der Waals surface area (Å²) < 4.78 is 0. The third-order valence-electron chi connectivity index (χ3n) is 3.17. The van der Waals surface area contributed by atoms with E-state index in [0.29, 0.717) is 6.54 Å². The van der Waals surface area contributed by atoms with Crippen molar-refractivity contribution in [3.05, 3.63) is 22.4 Å². The first-order valence-corrected chi connectivity index (χ1v) is 6.11. The number of thiophene rings is 1. The quantitative estimate of drug-likeness (QED) is 0.831. The Hall–Kier alpha value is -0.870. The van der Waals surface area contributed by atoms with E-state index >= 15 is 0 Å². The van der Waals surface area contributed by atoms with Crippen LogP contribution >= 0.6 is 11.3 Å². The van der Waals surface area contributed by atoms with Crippen molar-refractivity contribution in [1.29, 1.82) is 0 Å². The standard InChI is InChI=1S/C11H16N2OS/c1-11(8-12)5-3-6-13(11)10(14)9-4-2-7-15-9/h2,4,7H,3,5-6,8,12H2,1H3. The Labute approximate surface area is 93.9 Å². The maximum atomic E-state index is 12.2. The van der Waals surface area contributed by atoms with E-state index in [4.69, 9.17) is 5.73 Å². The van der Waals surface area contributed by atoms with Crippen LogP contribution in [0.2, 0.25) is 0 Å². The van der Waals surface area contributed by atoms with E-state index in [1.807, 2.05) is 22.4 Å². The third-order valence-corrected chi connectivity index (χ3v) is 4.02. The summed E-state index contributed by atoms with van der Waals surface area (Å²) in [4.78, 5) is 14.9. The predicted molar refractivity (Wildman–Crippen MR) is 62.0 cm³/mol. The summed E-state index contributed by atoms with van der Waals surface area (Å²) in [5, 5.41) is 1.93. The van der Waals surface area contributed by atoms with Crippen molar-refractivity contribution in [3.8, 4) is 0 Å². The molecule has 1 unspecified atom stereocenters. The first-order chi connectivity index (χ1) is 7.17. The number of hydrogen-bond acceptors (Lipinski definition) is 3. The number of carbonyl (C=O) groups is 1. The maximum Gasteiger partial charge on any atom is 0.264 e. The molecular formula is C11H16N2OS. The van der Waals surface area contributed by atoms with Gasteiger partial charge in [0.05, 0.1) is 10.4 Å². The van der Waals surface area contributed by atoms with Crippen LogP contribution in [0.25, 0.3) is 0 Å². The van der Waals surface area contributed by atoms with Gasteiger partial charge in [-0.05, 0) is 31.2 Å². The van der Waals surface area contributed by atoms with Crippen LogP contribution in [0.5, 0.6) is 0 Å². The summed E-state index contributed by atoms with van der Waals surface area (Å²) in [6, 6.07) is 3.79. The highest BCUT2D eigenvalue weighted by molar-refractivity contribution is 7.12. The van der Waals surface area contributed by atoms with Crippen molar-refractivity contribution >= 4 is 17.2 Å². The first kappa shape index (κ1) is 10.6. The van der Waals surface area contributed by atoms with Crippen molar-refractivity contribution in [2.45, 2.75) is 25.3 Å². The zero-order valence-electron chi connectivity index (χ0n) is 8.90. The van der Waals surface area contributed by atoms with Crippen molar-refractivity contribution in [2.24, 2.45) is 5.73 Å². The second-order valence-electron chi connectivity index (χ2n) is 4.24. The molecule has 0 bridgehead atoms. The fraction of sp³-hybridized carbons (Fsp3) is 0.545. The summed E-state index contributed by atoms with van der Waals surface area (Å²) in [5.74, 6) is 0.135. The second kappa shape index (κ2) is 3.94. The number of nitrogens with two attached hydrogens (primary N) is 1. The molecule has 1 aliphatic rings. The normalized spacial score (nSPS) is 25.9. The van der Waals surface area contributed by atoms with Gasteiger partial charge in [0.1, 0.15) is 0 Å². The number of likely N-dealkylation sites (tertiary alicyclic amines) is 1. The van der Waals surface area contributed by atoms with E-state index in [-0.39, 0.29) is 11.4 Å². The van der Waals surface area contributed by atoms with Crippen molar-refractivity contribution < 1.29 is 4.79 Å². The molecule has 0 aromatic carbocycles. The summed E-state index contributed by atoms with van der Waals surface area (Å²) >= 11 is 1.50. The van der Waals surface area contributed by atoms with Gasteiger partial charge in [0.2, 0.25) is 0 Å². The molecule has 0 spiro atoms. The summed E-state index contributed by atoms with van der Waals surface area (Å²) in [7, 11) is 0. The molecule has 0 saturated carbocycles. The van der Waals surface area contributed by atoms with Crippen LogP contribution in [0.1, 0.15) is 29.4 Å². The molecule has 1 fully saturated rings. The maximum absolute atomic E-state index is 12.2. The topological polar surface area (TPSA) is 46.3 Å². The van der Waals surface area contributed by atoms with Gasteiger partial charge in [-0.25, -0.2) is 0 Å². The molecular weight excluding hydrogens is 208 g/mol. The zero-order chi connectivity index (χ0) is 10.9. The van der Waals surface area contributed by atoms with Crippen LogP contribution in [0.15, 0.2) is 17.5 Å².